The molecule has 0 N–H and O–H groups in total. The van der Waals surface area contributed by atoms with Gasteiger partial charge in [-0.1, -0.05) is 6.07 Å². The van der Waals surface area contributed by atoms with Crippen molar-refractivity contribution >= 4 is 22.9 Å². The second kappa shape index (κ2) is 13.5. The van der Waals surface area contributed by atoms with Gasteiger partial charge in [0.1, 0.15) is 28.1 Å². The molecule has 0 spiro atoms. The number of hydrogen-bond acceptors (Lipinski definition) is 8. The molecule has 0 bridgehead atoms. The zero-order valence-corrected chi connectivity index (χ0v) is 22.0. The molecule has 0 atom stereocenters. The van der Waals surface area contributed by atoms with Gasteiger partial charge < -0.3 is 14.2 Å². The first kappa shape index (κ1) is 27.8. The summed E-state index contributed by atoms with van der Waals surface area (Å²) >= 11 is 1.32. The van der Waals surface area contributed by atoms with E-state index in [0.717, 1.165) is 39.3 Å². The molecule has 0 unspecified atom stereocenters. The molecule has 38 heavy (non-hydrogen) atoms. The van der Waals surface area contributed by atoms with Crippen LogP contribution in [0.4, 0.5) is 8.78 Å². The first-order valence-corrected chi connectivity index (χ1v) is 13.3. The first-order chi connectivity index (χ1) is 18.4. The molecule has 1 aliphatic rings. The summed E-state index contributed by atoms with van der Waals surface area (Å²) in [6, 6.07) is 7.99. The minimum atomic E-state index is -0.642. The third-order valence-corrected chi connectivity index (χ3v) is 7.03. The fourth-order valence-corrected chi connectivity index (χ4v) is 5.04. The molecule has 1 aromatic heterocycles. The van der Waals surface area contributed by atoms with E-state index in [1.165, 1.54) is 48.8 Å². The van der Waals surface area contributed by atoms with Crippen LogP contribution in [0.25, 0.3) is 0 Å². The Morgan fingerprint density at radius 1 is 1.05 bits per heavy atom. The highest BCUT2D eigenvalue weighted by atomic mass is 32.1. The number of aromatic nitrogens is 1. The van der Waals surface area contributed by atoms with Crippen LogP contribution >= 0.6 is 11.3 Å². The smallest absolute Gasteiger partial charge is 0.204 e. The monoisotopic (exact) mass is 544 g/mol. The van der Waals surface area contributed by atoms with Crippen molar-refractivity contribution in [1.82, 2.24) is 9.88 Å². The summed E-state index contributed by atoms with van der Waals surface area (Å²) in [6.07, 6.45) is 1.43. The zero-order valence-electron chi connectivity index (χ0n) is 21.2. The molecule has 2 aromatic carbocycles. The van der Waals surface area contributed by atoms with E-state index in [9.17, 15) is 18.4 Å². The minimum Gasteiger partial charge on any atom is -0.493 e. The quantitative estimate of drug-likeness (QED) is 0.306. The van der Waals surface area contributed by atoms with Gasteiger partial charge in [-0.2, -0.15) is 0 Å². The maximum atomic E-state index is 14.3. The second-order valence-electron chi connectivity index (χ2n) is 9.02. The van der Waals surface area contributed by atoms with E-state index in [0.29, 0.717) is 17.1 Å². The Kier molecular flexibility index (Phi) is 9.91. The highest BCUT2D eigenvalue weighted by Gasteiger charge is 2.18. The highest BCUT2D eigenvalue weighted by molar-refractivity contribution is 7.09. The van der Waals surface area contributed by atoms with E-state index in [2.05, 4.69) is 9.88 Å². The van der Waals surface area contributed by atoms with Crippen molar-refractivity contribution in [2.75, 3.05) is 40.0 Å². The van der Waals surface area contributed by atoms with Crippen LogP contribution in [0.3, 0.4) is 0 Å². The minimum absolute atomic E-state index is 0.0366. The van der Waals surface area contributed by atoms with Crippen LogP contribution in [0, 0.1) is 11.6 Å². The van der Waals surface area contributed by atoms with Gasteiger partial charge in [0.05, 0.1) is 32.4 Å². The van der Waals surface area contributed by atoms with E-state index in [-0.39, 0.29) is 53.6 Å². The molecule has 0 amide bonds. The third kappa shape index (κ3) is 7.89. The zero-order chi connectivity index (χ0) is 26.9. The molecular weight excluding hydrogens is 514 g/mol. The number of nitrogens with zero attached hydrogens (tertiary/aromatic N) is 2. The summed E-state index contributed by atoms with van der Waals surface area (Å²) in [5.41, 5.74) is 0.933. The predicted molar refractivity (Wildman–Crippen MR) is 139 cm³/mol. The van der Waals surface area contributed by atoms with Crippen molar-refractivity contribution in [3.63, 3.8) is 0 Å². The van der Waals surface area contributed by atoms with Crippen LogP contribution in [0.2, 0.25) is 0 Å². The predicted octanol–water partition coefficient (Wildman–Crippen LogP) is 4.80. The van der Waals surface area contributed by atoms with Crippen molar-refractivity contribution in [1.29, 1.82) is 0 Å². The number of morpholine rings is 1. The Morgan fingerprint density at radius 3 is 2.66 bits per heavy atom. The highest BCUT2D eigenvalue weighted by Crippen LogP contribution is 2.35. The van der Waals surface area contributed by atoms with Crippen molar-refractivity contribution in [2.24, 2.45) is 0 Å². The molecule has 7 nitrogen and oxygen atoms in total. The van der Waals surface area contributed by atoms with E-state index in [4.69, 9.17) is 14.2 Å². The summed E-state index contributed by atoms with van der Waals surface area (Å²) in [6.45, 7) is 4.15. The van der Waals surface area contributed by atoms with Gasteiger partial charge >= 0.3 is 0 Å². The SMILES string of the molecule is COc1cccc(F)c1Oc1ccc(F)cc1CC(=O)Cc1nc(CC(=O)CCCN2CCOCC2)cs1. The van der Waals surface area contributed by atoms with Gasteiger partial charge in [-0.3, -0.25) is 14.5 Å². The molecule has 0 radical (unpaired) electrons. The molecular formula is C28H30F2N2O5S. The number of rotatable bonds is 13. The fourth-order valence-electron chi connectivity index (χ4n) is 4.21. The molecule has 3 aromatic rings. The summed E-state index contributed by atoms with van der Waals surface area (Å²) in [5.74, 6) is -1.08. The van der Waals surface area contributed by atoms with Crippen LogP contribution in [0.1, 0.15) is 29.1 Å². The van der Waals surface area contributed by atoms with Crippen LogP contribution in [-0.2, 0) is 33.6 Å². The molecule has 10 heteroatoms. The molecule has 4 rings (SSSR count). The van der Waals surface area contributed by atoms with Gasteiger partial charge in [0.15, 0.2) is 11.6 Å². The number of methoxy groups -OCH3 is 1. The lowest BCUT2D eigenvalue weighted by atomic mass is 10.1. The number of thiazole rings is 1. The number of benzene rings is 2. The standard InChI is InChI=1S/C28H30F2N2O5S/c1-35-26-6-2-5-24(30)28(26)37-25-8-7-20(29)14-19(25)15-23(34)17-27-31-21(18-38-27)16-22(33)4-3-9-32-10-12-36-13-11-32/h2,5-8,14,18H,3-4,9-13,15-17H2,1H3. The van der Waals surface area contributed by atoms with Crippen LogP contribution < -0.4 is 9.47 Å². The normalized spacial score (nSPS) is 13.9. The Morgan fingerprint density at radius 2 is 1.87 bits per heavy atom. The Labute approximate surface area is 224 Å². The van der Waals surface area contributed by atoms with E-state index in [1.807, 2.05) is 0 Å². The number of carbonyl (C=O) groups is 2. The maximum Gasteiger partial charge on any atom is 0.204 e. The summed E-state index contributed by atoms with van der Waals surface area (Å²) in [4.78, 5) is 32.0. The van der Waals surface area contributed by atoms with Crippen molar-refractivity contribution in [2.45, 2.75) is 32.1 Å². The van der Waals surface area contributed by atoms with E-state index < -0.39 is 11.6 Å². The van der Waals surface area contributed by atoms with Gasteiger partial charge in [-0.05, 0) is 43.3 Å². The van der Waals surface area contributed by atoms with Gasteiger partial charge in [0.25, 0.3) is 0 Å². The average Bonchev–Trinajstić information content (AvgIpc) is 3.33. The van der Waals surface area contributed by atoms with E-state index >= 15 is 0 Å². The summed E-state index contributed by atoms with van der Waals surface area (Å²) in [5, 5.41) is 2.38. The molecule has 202 valence electrons. The third-order valence-electron chi connectivity index (χ3n) is 6.13. The van der Waals surface area contributed by atoms with Gasteiger partial charge in [-0.15, -0.1) is 11.3 Å². The lowest BCUT2D eigenvalue weighted by Gasteiger charge is -2.26. The fraction of sp³-hybridized carbons (Fsp3) is 0.393. The summed E-state index contributed by atoms with van der Waals surface area (Å²) in [7, 11) is 1.39. The first-order valence-electron chi connectivity index (χ1n) is 12.5. The number of ether oxygens (including phenoxy) is 3. The largest absolute Gasteiger partial charge is 0.493 e. The van der Waals surface area contributed by atoms with Gasteiger partial charge in [-0.25, -0.2) is 13.8 Å². The molecule has 1 aliphatic heterocycles. The maximum absolute atomic E-state index is 14.3. The van der Waals surface area contributed by atoms with Crippen molar-refractivity contribution in [3.8, 4) is 17.2 Å². The number of Topliss-reactive ketones (excluding diaryl/α,β-unsaturated/α-hetero) is 2. The van der Waals surface area contributed by atoms with Gasteiger partial charge in [0, 0.05) is 43.3 Å². The van der Waals surface area contributed by atoms with Crippen molar-refractivity contribution < 1.29 is 32.6 Å². The molecule has 0 aliphatic carbocycles. The topological polar surface area (TPSA) is 78.0 Å². The number of para-hydroxylation sites is 1. The lowest BCUT2D eigenvalue weighted by molar-refractivity contribution is -0.119. The molecule has 1 fully saturated rings. The molecule has 2 heterocycles. The molecule has 0 saturated carbocycles. The van der Waals surface area contributed by atoms with Gasteiger partial charge in [0.2, 0.25) is 5.75 Å². The van der Waals surface area contributed by atoms with Crippen molar-refractivity contribution in [3.05, 3.63) is 69.7 Å². The lowest BCUT2D eigenvalue weighted by Crippen LogP contribution is -2.37. The number of halogens is 2. The Hall–Kier alpha value is -3.21. The van der Waals surface area contributed by atoms with E-state index in [1.54, 1.807) is 11.4 Å². The average molecular weight is 545 g/mol. The number of hydrogen-bond donors (Lipinski definition) is 0. The Bertz CT molecular complexity index is 1260. The Balaban J connectivity index is 1.31. The second-order valence-corrected chi connectivity index (χ2v) is 9.97. The summed E-state index contributed by atoms with van der Waals surface area (Å²) < 4.78 is 44.5. The number of ketones is 2. The van der Waals surface area contributed by atoms with Crippen LogP contribution in [-0.4, -0.2) is 61.4 Å². The van der Waals surface area contributed by atoms with Crippen LogP contribution in [0.5, 0.6) is 17.2 Å². The molecule has 1 saturated heterocycles. The number of carbonyl (C=O) groups excluding carboxylic acids is 2. The van der Waals surface area contributed by atoms with Crippen LogP contribution in [0.15, 0.2) is 41.8 Å².